The van der Waals surface area contributed by atoms with Crippen LogP contribution in [0.25, 0.3) is 0 Å². The lowest BCUT2D eigenvalue weighted by Gasteiger charge is -2.33. The average molecular weight is 1390 g/mol. The average Bonchev–Trinajstić information content (AvgIpc) is 0.845. The van der Waals surface area contributed by atoms with Crippen molar-refractivity contribution in [1.82, 2.24) is 24.8 Å². The number of rotatable bonds is 39. The normalized spacial score (nSPS) is 19.8. The summed E-state index contributed by atoms with van der Waals surface area (Å²) >= 11 is 0. The molecule has 1 aromatic rings. The first kappa shape index (κ1) is 85.7. The summed E-state index contributed by atoms with van der Waals surface area (Å²) in [6.45, 7) is 53.1. The van der Waals surface area contributed by atoms with Gasteiger partial charge in [-0.25, -0.2) is 0 Å². The molecule has 0 spiro atoms. The van der Waals surface area contributed by atoms with Crippen LogP contribution in [0, 0.1) is 21.7 Å². The molecule has 1 heterocycles. The van der Waals surface area contributed by atoms with Crippen LogP contribution in [0.4, 0.5) is 17.8 Å². The van der Waals surface area contributed by atoms with E-state index in [1.807, 2.05) is 0 Å². The Morgan fingerprint density at radius 1 is 0.353 bits per heavy atom. The monoisotopic (exact) mass is 1390 g/mol. The van der Waals surface area contributed by atoms with Crippen molar-refractivity contribution in [3.8, 4) is 0 Å². The van der Waals surface area contributed by atoms with Crippen LogP contribution in [0.15, 0.2) is 235 Å². The second-order valence-corrected chi connectivity index (χ2v) is 32.7. The molecule has 9 heteroatoms. The molecule has 102 heavy (non-hydrogen) atoms. The number of aliphatic hydroxyl groups excluding tert-OH is 1. The van der Waals surface area contributed by atoms with Crippen molar-refractivity contribution in [3.05, 3.63) is 235 Å². The molecule has 4 aliphatic carbocycles. The van der Waals surface area contributed by atoms with E-state index in [2.05, 4.69) is 310 Å². The van der Waals surface area contributed by atoms with Crippen LogP contribution in [0.2, 0.25) is 0 Å². The van der Waals surface area contributed by atoms with Crippen molar-refractivity contribution >= 4 is 17.8 Å². The Labute approximate surface area is 623 Å². The molecule has 0 atom stereocenters. The number of aromatic nitrogens is 3. The maximum Gasteiger partial charge on any atom is 0.229 e. The molecule has 0 bridgehead atoms. The van der Waals surface area contributed by atoms with Crippen LogP contribution in [0.5, 0.6) is 0 Å². The van der Waals surface area contributed by atoms with E-state index in [-0.39, 0.29) is 28.3 Å². The topological polar surface area (TPSA) is 101 Å². The van der Waals surface area contributed by atoms with E-state index in [9.17, 15) is 5.11 Å². The lowest BCUT2D eigenvalue weighted by molar-refractivity contribution is 0.286. The van der Waals surface area contributed by atoms with Crippen molar-refractivity contribution in [2.45, 2.75) is 241 Å². The van der Waals surface area contributed by atoms with Crippen molar-refractivity contribution in [3.63, 3.8) is 0 Å². The Kier molecular flexibility index (Phi) is 37.0. The summed E-state index contributed by atoms with van der Waals surface area (Å²) < 4.78 is 0. The third kappa shape index (κ3) is 32.0. The Hall–Kier alpha value is -6.91. The first-order chi connectivity index (χ1) is 48.5. The highest BCUT2D eigenvalue weighted by molar-refractivity contribution is 5.44. The molecule has 1 aromatic heterocycles. The summed E-state index contributed by atoms with van der Waals surface area (Å²) in [7, 11) is 0. The largest absolute Gasteiger partial charge is 0.396 e. The van der Waals surface area contributed by atoms with Gasteiger partial charge in [0.05, 0.1) is 0 Å². The van der Waals surface area contributed by atoms with Crippen LogP contribution < -0.4 is 16.0 Å². The van der Waals surface area contributed by atoms with Gasteiger partial charge in [0.15, 0.2) is 0 Å². The summed E-state index contributed by atoms with van der Waals surface area (Å²) in [6, 6.07) is 0. The molecule has 0 radical (unpaired) electrons. The lowest BCUT2D eigenvalue weighted by Crippen LogP contribution is -2.27. The highest BCUT2D eigenvalue weighted by atomic mass is 16.3. The molecule has 4 N–H and O–H groups in total. The van der Waals surface area contributed by atoms with Gasteiger partial charge < -0.3 is 21.1 Å². The molecule has 0 aliphatic heterocycles. The number of allylic oxidation sites excluding steroid dienone is 36. The maximum atomic E-state index is 9.56. The molecule has 9 nitrogen and oxygen atoms in total. The smallest absolute Gasteiger partial charge is 0.229 e. The molecule has 4 aliphatic rings. The van der Waals surface area contributed by atoms with E-state index in [0.29, 0.717) is 43.9 Å². The van der Waals surface area contributed by atoms with Gasteiger partial charge >= 0.3 is 0 Å². The van der Waals surface area contributed by atoms with Gasteiger partial charge in [-0.2, -0.15) is 15.0 Å². The van der Waals surface area contributed by atoms with Crippen molar-refractivity contribution in [2.24, 2.45) is 21.7 Å². The fraction of sp³-hybridized carbons (Fsp3) is 0.538. The number of nitrogens with zero attached hydrogens (tertiary/aromatic N) is 5. The van der Waals surface area contributed by atoms with E-state index in [0.717, 1.165) is 58.5 Å². The van der Waals surface area contributed by atoms with Crippen molar-refractivity contribution in [1.29, 1.82) is 0 Å². The zero-order chi connectivity index (χ0) is 74.7. The van der Waals surface area contributed by atoms with Gasteiger partial charge in [-0.1, -0.05) is 268 Å². The second kappa shape index (κ2) is 44.0. The molecule has 0 fully saturated rings. The third-order valence-electron chi connectivity index (χ3n) is 21.2. The quantitative estimate of drug-likeness (QED) is 0.0379. The predicted molar refractivity (Wildman–Crippen MR) is 448 cm³/mol. The highest BCUT2D eigenvalue weighted by Crippen LogP contribution is 2.44. The molecule has 0 amide bonds. The van der Waals surface area contributed by atoms with Crippen LogP contribution in [0.3, 0.4) is 0 Å². The van der Waals surface area contributed by atoms with E-state index in [1.54, 1.807) is 0 Å². The van der Waals surface area contributed by atoms with Gasteiger partial charge in [0, 0.05) is 65.5 Å². The standard InChI is InChI=1S/C93H140N8O/c1-71(45-49-83-79(9)41-27-57-90(83,13)14)33-23-37-75(5)53-66-100(67-54-76(6)38-24-34-72(2)46-50-84-80(10)42-28-58-91(84,15)16)64-31-62-95-88-97-87(94-61-21-22-70-102)98-89(99-88)96-63-32-65-101(68-55-77(7)39-25-35-73(3)47-51-85-81(11)43-29-59-92(85,17)18)69-56-78(8)40-26-36-74(4)48-52-86-82(12)44-30-60-93(86,19)20/h23-26,33-40,45-56,102H,21-22,27-32,41-44,57-70H2,1-20H3,(H3,94,95,96,97,98,99)/b37-23+,38-24+,39-25+,40-26?,49-45+,50-46+,51-47+,52-48?,71-33+,72-34+,73-35+,74-36?,75-53+,76-54+,77-55+,78-56?. The summed E-state index contributed by atoms with van der Waals surface area (Å²) in [5.41, 5.74) is 22.9. The van der Waals surface area contributed by atoms with Gasteiger partial charge in [0.25, 0.3) is 0 Å². The van der Waals surface area contributed by atoms with Gasteiger partial charge in [-0.15, -0.1) is 0 Å². The number of hydrogen-bond acceptors (Lipinski definition) is 9. The molecule has 5 rings (SSSR count). The van der Waals surface area contributed by atoms with E-state index in [4.69, 9.17) is 15.0 Å². The number of anilines is 3. The number of unbranched alkanes of at least 4 members (excludes halogenated alkanes) is 1. The Bertz CT molecular complexity index is 3130. The molecular formula is C93H140N8O. The minimum Gasteiger partial charge on any atom is -0.396 e. The van der Waals surface area contributed by atoms with Crippen LogP contribution in [-0.2, 0) is 0 Å². The molecule has 0 saturated carbocycles. The lowest BCUT2D eigenvalue weighted by atomic mass is 9.72. The van der Waals surface area contributed by atoms with Crippen LogP contribution in [-0.4, -0.2) is 95.4 Å². The molecule has 0 unspecified atom stereocenters. The Balaban J connectivity index is 1.29. The first-order valence-corrected chi connectivity index (χ1v) is 39.1. The van der Waals surface area contributed by atoms with Crippen molar-refractivity contribution in [2.75, 3.05) is 81.5 Å². The van der Waals surface area contributed by atoms with E-state index < -0.39 is 0 Å². The third-order valence-corrected chi connectivity index (χ3v) is 21.2. The Morgan fingerprint density at radius 2 is 0.598 bits per heavy atom. The van der Waals surface area contributed by atoms with Gasteiger partial charge in [-0.3, -0.25) is 9.80 Å². The highest BCUT2D eigenvalue weighted by Gasteiger charge is 2.30. The fourth-order valence-corrected chi connectivity index (χ4v) is 14.5. The Morgan fingerprint density at radius 3 is 0.833 bits per heavy atom. The minimum absolute atomic E-state index is 0.153. The minimum atomic E-state index is 0.153. The molecular weight excluding hydrogens is 1250 g/mol. The first-order valence-electron chi connectivity index (χ1n) is 39.1. The van der Waals surface area contributed by atoms with E-state index >= 15 is 0 Å². The van der Waals surface area contributed by atoms with Crippen LogP contribution >= 0.6 is 0 Å². The van der Waals surface area contributed by atoms with Gasteiger partial charge in [-0.05, 0) is 230 Å². The van der Waals surface area contributed by atoms with Gasteiger partial charge in [0.1, 0.15) is 0 Å². The predicted octanol–water partition coefficient (Wildman–Crippen LogP) is 24.4. The van der Waals surface area contributed by atoms with Crippen LogP contribution in [0.1, 0.15) is 241 Å². The summed E-state index contributed by atoms with van der Waals surface area (Å²) in [5.74, 6) is 1.60. The zero-order valence-corrected chi connectivity index (χ0v) is 67.9. The van der Waals surface area contributed by atoms with E-state index in [1.165, 1.54) is 166 Å². The fourth-order valence-electron chi connectivity index (χ4n) is 14.5. The van der Waals surface area contributed by atoms with Gasteiger partial charge in [0.2, 0.25) is 17.8 Å². The molecule has 558 valence electrons. The number of nitrogens with one attached hydrogen (secondary N) is 3. The number of aliphatic hydroxyl groups is 1. The SMILES string of the molecule is CC(C=CC1=C(C)CCCC1(C)C)=CC=CC(C)=CCN(C/C=C(C)/C=C/C=C(C)/C=C/C1=C(C)CCCC1(C)C)CCCNc1nc(NCCCCO)nc(NCCCN(C/C=C(C)/C=C/C=C(C)/C=C/C2=C(C)CCCC2(C)C)C/C=C(C)/C=C/C=C(C)/C=C/C2=C(C)CCCC2(C)C)n1. The maximum absolute atomic E-state index is 9.56. The summed E-state index contributed by atoms with van der Waals surface area (Å²) in [5, 5.41) is 20.1. The molecule has 0 saturated heterocycles. The zero-order valence-electron chi connectivity index (χ0n) is 67.9. The second-order valence-electron chi connectivity index (χ2n) is 32.7. The molecule has 0 aromatic carbocycles. The van der Waals surface area contributed by atoms with Crippen molar-refractivity contribution < 1.29 is 5.11 Å². The number of hydrogen-bond donors (Lipinski definition) is 4. The summed E-state index contributed by atoms with van der Waals surface area (Å²) in [4.78, 5) is 19.6. The summed E-state index contributed by atoms with van der Waals surface area (Å²) in [6.07, 6.45) is 72.7.